The Bertz CT molecular complexity index is 1330. The minimum Gasteiger partial charge on any atom is -0.492 e. The Morgan fingerprint density at radius 1 is 1.09 bits per heavy atom. The number of amides is 1. The fourth-order valence-corrected chi connectivity index (χ4v) is 5.03. The molecular weight excluding hydrogens is 444 g/mol. The van der Waals surface area contributed by atoms with Crippen molar-refractivity contribution in [2.75, 3.05) is 23.9 Å². The van der Waals surface area contributed by atoms with Crippen LogP contribution in [0, 0.1) is 13.8 Å². The van der Waals surface area contributed by atoms with E-state index < -0.39 is 0 Å². The number of aromatic nitrogens is 2. The molecule has 0 saturated heterocycles. The van der Waals surface area contributed by atoms with Gasteiger partial charge in [-0.25, -0.2) is 9.97 Å². The van der Waals surface area contributed by atoms with Crippen molar-refractivity contribution in [3.05, 3.63) is 70.4 Å². The van der Waals surface area contributed by atoms with Crippen LogP contribution in [0.5, 0.6) is 5.75 Å². The number of fused-ring (bicyclic) bond motifs is 1. The second-order valence-electron chi connectivity index (χ2n) is 8.52. The van der Waals surface area contributed by atoms with Crippen molar-refractivity contribution in [2.24, 2.45) is 0 Å². The van der Waals surface area contributed by atoms with Crippen LogP contribution in [0.3, 0.4) is 0 Å². The molecular formula is C27H30N4O2S. The Kier molecular flexibility index (Phi) is 6.84. The highest BCUT2D eigenvalue weighted by molar-refractivity contribution is 7.20. The molecule has 0 fully saturated rings. The first-order valence-corrected chi connectivity index (χ1v) is 12.3. The summed E-state index contributed by atoms with van der Waals surface area (Å²) in [6.45, 7) is 10.7. The predicted octanol–water partition coefficient (Wildman–Crippen LogP) is 6.85. The number of nitrogens with zero attached hydrogens (tertiary/aromatic N) is 3. The average Bonchev–Trinajstić information content (AvgIpc) is 3.15. The Morgan fingerprint density at radius 2 is 1.79 bits per heavy atom. The van der Waals surface area contributed by atoms with E-state index in [0.717, 1.165) is 27.3 Å². The predicted molar refractivity (Wildman–Crippen MR) is 141 cm³/mol. The lowest BCUT2D eigenvalue weighted by Crippen LogP contribution is -2.14. The fourth-order valence-electron chi connectivity index (χ4n) is 3.92. The van der Waals surface area contributed by atoms with Crippen molar-refractivity contribution in [1.29, 1.82) is 0 Å². The highest BCUT2D eigenvalue weighted by Gasteiger charge is 2.23. The molecule has 1 N–H and O–H groups in total. The quantitative estimate of drug-likeness (QED) is 0.317. The summed E-state index contributed by atoms with van der Waals surface area (Å²) in [5, 5.41) is 3.91. The van der Waals surface area contributed by atoms with Crippen molar-refractivity contribution in [2.45, 2.75) is 40.5 Å². The molecule has 2 aromatic heterocycles. The van der Waals surface area contributed by atoms with Crippen molar-refractivity contribution < 1.29 is 9.53 Å². The third-order valence-electron chi connectivity index (χ3n) is 5.79. The van der Waals surface area contributed by atoms with Gasteiger partial charge in [0, 0.05) is 12.7 Å². The van der Waals surface area contributed by atoms with Crippen molar-refractivity contribution >= 4 is 44.7 Å². The van der Waals surface area contributed by atoms with E-state index in [9.17, 15) is 4.79 Å². The number of benzene rings is 2. The van der Waals surface area contributed by atoms with Gasteiger partial charge in [0.1, 0.15) is 22.2 Å². The third kappa shape index (κ3) is 4.61. The topological polar surface area (TPSA) is 67.3 Å². The Labute approximate surface area is 204 Å². The van der Waals surface area contributed by atoms with Gasteiger partial charge in [0.05, 0.1) is 22.6 Å². The SMILES string of the molecule is CCOc1ccccc1NC(=O)c1sc2nc(C)nc(N(C)c3ccc(C(C)C)cc3)c2c1C. The average molecular weight is 475 g/mol. The molecule has 0 aliphatic rings. The maximum Gasteiger partial charge on any atom is 0.266 e. The fraction of sp³-hybridized carbons (Fsp3) is 0.296. The normalized spacial score (nSPS) is 11.1. The van der Waals surface area contributed by atoms with Gasteiger partial charge >= 0.3 is 0 Å². The smallest absolute Gasteiger partial charge is 0.266 e. The maximum atomic E-state index is 13.3. The number of rotatable bonds is 7. The summed E-state index contributed by atoms with van der Waals surface area (Å²) < 4.78 is 5.66. The number of thiophene rings is 1. The summed E-state index contributed by atoms with van der Waals surface area (Å²) >= 11 is 1.39. The highest BCUT2D eigenvalue weighted by atomic mass is 32.1. The van der Waals surface area contributed by atoms with Gasteiger partial charge < -0.3 is 15.0 Å². The van der Waals surface area contributed by atoms with Crippen LogP contribution in [0.25, 0.3) is 10.2 Å². The number of anilines is 3. The number of carbonyl (C=O) groups is 1. The standard InChI is InChI=1S/C27H30N4O2S/c1-7-33-22-11-9-8-10-21(22)30-26(32)24-17(4)23-25(28-18(5)29-27(23)34-24)31(6)20-14-12-19(13-15-20)16(2)3/h8-16H,7H2,1-6H3,(H,30,32). The van der Waals surface area contributed by atoms with Gasteiger partial charge in [-0.05, 0) is 62.1 Å². The first kappa shape index (κ1) is 23.7. The van der Waals surface area contributed by atoms with E-state index >= 15 is 0 Å². The minimum atomic E-state index is -0.180. The molecule has 0 aliphatic carbocycles. The molecule has 0 radical (unpaired) electrons. The van der Waals surface area contributed by atoms with Crippen LogP contribution in [-0.2, 0) is 0 Å². The molecule has 0 aliphatic heterocycles. The maximum absolute atomic E-state index is 13.3. The molecule has 176 valence electrons. The monoisotopic (exact) mass is 474 g/mol. The molecule has 0 atom stereocenters. The largest absolute Gasteiger partial charge is 0.492 e. The van der Waals surface area contributed by atoms with E-state index in [1.807, 2.05) is 52.1 Å². The Hall–Kier alpha value is -3.45. The van der Waals surface area contributed by atoms with Crippen LogP contribution < -0.4 is 15.0 Å². The van der Waals surface area contributed by atoms with Crippen LogP contribution >= 0.6 is 11.3 Å². The molecule has 34 heavy (non-hydrogen) atoms. The molecule has 2 heterocycles. The molecule has 4 aromatic rings. The zero-order valence-electron chi connectivity index (χ0n) is 20.5. The third-order valence-corrected chi connectivity index (χ3v) is 6.97. The molecule has 6 nitrogen and oxygen atoms in total. The lowest BCUT2D eigenvalue weighted by Gasteiger charge is -2.20. The summed E-state index contributed by atoms with van der Waals surface area (Å²) in [5.41, 5.74) is 3.84. The van der Waals surface area contributed by atoms with Crippen LogP contribution in [-0.4, -0.2) is 29.5 Å². The Balaban J connectivity index is 1.73. The zero-order chi connectivity index (χ0) is 24.4. The van der Waals surface area contributed by atoms with Crippen molar-refractivity contribution in [3.8, 4) is 5.75 Å². The summed E-state index contributed by atoms with van der Waals surface area (Å²) in [4.78, 5) is 26.2. The van der Waals surface area contributed by atoms with Crippen LogP contribution in [0.15, 0.2) is 48.5 Å². The molecule has 0 spiro atoms. The van der Waals surface area contributed by atoms with Crippen LogP contribution in [0.4, 0.5) is 17.2 Å². The summed E-state index contributed by atoms with van der Waals surface area (Å²) in [6, 6.07) is 16.0. The first-order chi connectivity index (χ1) is 16.3. The van der Waals surface area contributed by atoms with Crippen molar-refractivity contribution in [3.63, 3.8) is 0 Å². The van der Waals surface area contributed by atoms with Gasteiger partial charge in [-0.2, -0.15) is 0 Å². The molecule has 2 aromatic carbocycles. The molecule has 7 heteroatoms. The molecule has 4 rings (SSSR count). The van der Waals surface area contributed by atoms with Gasteiger partial charge in [0.2, 0.25) is 0 Å². The molecule has 0 unspecified atom stereocenters. The summed E-state index contributed by atoms with van der Waals surface area (Å²) in [5.74, 6) is 2.41. The van der Waals surface area contributed by atoms with E-state index in [1.54, 1.807) is 0 Å². The highest BCUT2D eigenvalue weighted by Crippen LogP contribution is 2.38. The summed E-state index contributed by atoms with van der Waals surface area (Å²) in [6.07, 6.45) is 0. The molecule has 0 saturated carbocycles. The number of hydrogen-bond donors (Lipinski definition) is 1. The minimum absolute atomic E-state index is 0.180. The van der Waals surface area contributed by atoms with Gasteiger partial charge in [0.15, 0.2) is 0 Å². The van der Waals surface area contributed by atoms with Gasteiger partial charge in [-0.3, -0.25) is 4.79 Å². The lowest BCUT2D eigenvalue weighted by molar-refractivity contribution is 0.102. The van der Waals surface area contributed by atoms with E-state index in [0.29, 0.717) is 34.7 Å². The number of nitrogens with one attached hydrogen (secondary N) is 1. The number of hydrogen-bond acceptors (Lipinski definition) is 6. The molecule has 0 bridgehead atoms. The van der Waals surface area contributed by atoms with E-state index in [1.165, 1.54) is 16.9 Å². The number of para-hydroxylation sites is 2. The van der Waals surface area contributed by atoms with E-state index in [-0.39, 0.29) is 5.91 Å². The van der Waals surface area contributed by atoms with Gasteiger partial charge in [-0.15, -0.1) is 11.3 Å². The summed E-state index contributed by atoms with van der Waals surface area (Å²) in [7, 11) is 2.00. The number of aryl methyl sites for hydroxylation is 2. The second-order valence-corrected chi connectivity index (χ2v) is 9.52. The first-order valence-electron chi connectivity index (χ1n) is 11.4. The zero-order valence-corrected chi connectivity index (χ0v) is 21.3. The van der Waals surface area contributed by atoms with Gasteiger partial charge in [0.25, 0.3) is 5.91 Å². The van der Waals surface area contributed by atoms with E-state index in [2.05, 4.69) is 53.3 Å². The second kappa shape index (κ2) is 9.81. The van der Waals surface area contributed by atoms with E-state index in [4.69, 9.17) is 9.72 Å². The number of carbonyl (C=O) groups excluding carboxylic acids is 1. The lowest BCUT2D eigenvalue weighted by atomic mass is 10.0. The van der Waals surface area contributed by atoms with Crippen LogP contribution in [0.1, 0.15) is 53.3 Å². The van der Waals surface area contributed by atoms with Gasteiger partial charge in [-0.1, -0.05) is 38.1 Å². The van der Waals surface area contributed by atoms with Crippen molar-refractivity contribution in [1.82, 2.24) is 9.97 Å². The van der Waals surface area contributed by atoms with Crippen LogP contribution in [0.2, 0.25) is 0 Å². The number of ether oxygens (including phenoxy) is 1. The Morgan fingerprint density at radius 3 is 2.47 bits per heavy atom. The molecule has 1 amide bonds.